The molecule has 32 heavy (non-hydrogen) atoms. The van der Waals surface area contributed by atoms with E-state index in [0.717, 1.165) is 21.6 Å². The van der Waals surface area contributed by atoms with Gasteiger partial charge in [0.1, 0.15) is 17.2 Å². The minimum absolute atomic E-state index is 0.274. The van der Waals surface area contributed by atoms with Crippen molar-refractivity contribution in [3.05, 3.63) is 74.6 Å². The fraction of sp³-hybridized carbons (Fsp3) is 0.217. The van der Waals surface area contributed by atoms with Gasteiger partial charge >= 0.3 is 6.09 Å². The molecule has 0 bridgehead atoms. The average Bonchev–Trinajstić information content (AvgIpc) is 3.44. The van der Waals surface area contributed by atoms with Gasteiger partial charge in [0.2, 0.25) is 5.91 Å². The lowest BCUT2D eigenvalue weighted by Gasteiger charge is -2.22. The van der Waals surface area contributed by atoms with E-state index in [0.29, 0.717) is 36.4 Å². The van der Waals surface area contributed by atoms with E-state index in [1.165, 1.54) is 17.4 Å². The van der Waals surface area contributed by atoms with Crippen molar-refractivity contribution in [3.63, 3.8) is 0 Å². The zero-order valence-electron chi connectivity index (χ0n) is 17.0. The Morgan fingerprint density at radius 2 is 2.28 bits per heavy atom. The molecule has 2 amide bonds. The zero-order valence-corrected chi connectivity index (χ0v) is 18.7. The van der Waals surface area contributed by atoms with E-state index in [9.17, 15) is 14.9 Å². The number of fused-ring (bicyclic) bond motifs is 1. The molecule has 0 spiro atoms. The number of hydrogen-bond donors (Lipinski definition) is 2. The Labute approximate surface area is 193 Å². The third-order valence-electron chi connectivity index (χ3n) is 4.97. The van der Waals surface area contributed by atoms with Crippen LogP contribution >= 0.6 is 22.7 Å². The van der Waals surface area contributed by atoms with E-state index in [1.807, 2.05) is 29.0 Å². The first-order valence-electron chi connectivity index (χ1n) is 10.0. The minimum atomic E-state index is -0.480. The molecule has 2 N–H and O–H groups in total. The van der Waals surface area contributed by atoms with Crippen LogP contribution in [-0.4, -0.2) is 23.1 Å². The van der Waals surface area contributed by atoms with Crippen molar-refractivity contribution < 1.29 is 14.3 Å². The normalized spacial score (nSPS) is 15.0. The number of ether oxygens (including phenoxy) is 1. The summed E-state index contributed by atoms with van der Waals surface area (Å²) in [7, 11) is 0. The highest BCUT2D eigenvalue weighted by molar-refractivity contribution is 7.16. The zero-order chi connectivity index (χ0) is 22.3. The van der Waals surface area contributed by atoms with Crippen LogP contribution in [0.5, 0.6) is 0 Å². The maximum atomic E-state index is 12.3. The van der Waals surface area contributed by atoms with Gasteiger partial charge in [-0.1, -0.05) is 6.07 Å². The highest BCUT2D eigenvalue weighted by atomic mass is 32.1. The van der Waals surface area contributed by atoms with Crippen molar-refractivity contribution >= 4 is 45.8 Å². The summed E-state index contributed by atoms with van der Waals surface area (Å²) >= 11 is 2.93. The second kappa shape index (κ2) is 10.2. The van der Waals surface area contributed by atoms with Crippen molar-refractivity contribution in [2.45, 2.75) is 31.9 Å². The molecule has 1 aliphatic carbocycles. The van der Waals surface area contributed by atoms with E-state index in [2.05, 4.69) is 21.7 Å². The number of carbonyl (C=O) groups is 2. The summed E-state index contributed by atoms with van der Waals surface area (Å²) in [5, 5.41) is 19.6. The lowest BCUT2D eigenvalue weighted by Crippen LogP contribution is -2.31. The Morgan fingerprint density at radius 1 is 1.38 bits per heavy atom. The molecular weight excluding hydrogens is 444 g/mol. The summed E-state index contributed by atoms with van der Waals surface area (Å²) in [4.78, 5) is 29.5. The number of rotatable bonds is 6. The molecule has 3 heterocycles. The number of pyridine rings is 1. The van der Waals surface area contributed by atoms with Gasteiger partial charge in [-0.3, -0.25) is 9.78 Å². The monoisotopic (exact) mass is 464 g/mol. The Hall–Kier alpha value is -3.48. The maximum Gasteiger partial charge on any atom is 0.407 e. The van der Waals surface area contributed by atoms with Crippen LogP contribution in [-0.2, 0) is 28.9 Å². The number of amides is 2. The number of nitriles is 1. The predicted molar refractivity (Wildman–Crippen MR) is 124 cm³/mol. The smallest absolute Gasteiger partial charge is 0.407 e. The Bertz CT molecular complexity index is 1160. The van der Waals surface area contributed by atoms with E-state index in [-0.39, 0.29) is 12.0 Å². The van der Waals surface area contributed by atoms with Crippen LogP contribution in [0.25, 0.3) is 6.08 Å². The number of hydrogen-bond acceptors (Lipinski definition) is 7. The summed E-state index contributed by atoms with van der Waals surface area (Å²) in [5.41, 5.74) is 3.28. The highest BCUT2D eigenvalue weighted by Crippen LogP contribution is 2.38. The fourth-order valence-electron chi connectivity index (χ4n) is 3.43. The average molecular weight is 465 g/mol. The van der Waals surface area contributed by atoms with Crippen LogP contribution in [0, 0.1) is 11.3 Å². The predicted octanol–water partition coefficient (Wildman–Crippen LogP) is 4.51. The van der Waals surface area contributed by atoms with Crippen molar-refractivity contribution in [2.24, 2.45) is 0 Å². The first-order chi connectivity index (χ1) is 15.6. The third kappa shape index (κ3) is 5.41. The van der Waals surface area contributed by atoms with Crippen LogP contribution in [0.1, 0.15) is 33.6 Å². The molecule has 0 aliphatic heterocycles. The number of aromatic nitrogens is 1. The first-order valence-corrected chi connectivity index (χ1v) is 11.8. The molecule has 1 aliphatic rings. The second-order valence-corrected chi connectivity index (χ2v) is 9.07. The summed E-state index contributed by atoms with van der Waals surface area (Å²) < 4.78 is 5.57. The topological polar surface area (TPSA) is 104 Å². The number of alkyl carbamates (subject to hydrolysis) is 1. The van der Waals surface area contributed by atoms with Crippen molar-refractivity contribution in [1.82, 2.24) is 10.3 Å². The lowest BCUT2D eigenvalue weighted by molar-refractivity contribution is -0.111. The van der Waals surface area contributed by atoms with Gasteiger partial charge in [0, 0.05) is 36.3 Å². The summed E-state index contributed by atoms with van der Waals surface area (Å²) in [6.45, 7) is 0.345. The number of thiophene rings is 2. The summed E-state index contributed by atoms with van der Waals surface area (Å²) in [6, 6.07) is 7.83. The number of carbonyl (C=O) groups excluding carboxylic acids is 2. The van der Waals surface area contributed by atoms with Crippen molar-refractivity contribution in [3.8, 4) is 6.07 Å². The highest BCUT2D eigenvalue weighted by Gasteiger charge is 2.28. The third-order valence-corrected chi connectivity index (χ3v) is 6.84. The van der Waals surface area contributed by atoms with Gasteiger partial charge in [0.05, 0.1) is 5.56 Å². The fourth-order valence-corrected chi connectivity index (χ4v) is 5.32. The largest absolute Gasteiger partial charge is 0.446 e. The van der Waals surface area contributed by atoms with E-state index < -0.39 is 6.09 Å². The van der Waals surface area contributed by atoms with E-state index in [1.54, 1.807) is 29.8 Å². The van der Waals surface area contributed by atoms with Gasteiger partial charge in [-0.15, -0.1) is 11.3 Å². The molecule has 4 rings (SSSR count). The molecule has 9 heteroatoms. The van der Waals surface area contributed by atoms with Gasteiger partial charge < -0.3 is 15.4 Å². The van der Waals surface area contributed by atoms with Crippen LogP contribution in [0.4, 0.5) is 9.80 Å². The molecule has 1 atom stereocenters. The van der Waals surface area contributed by atoms with Gasteiger partial charge in [0.15, 0.2) is 0 Å². The van der Waals surface area contributed by atoms with Crippen LogP contribution in [0.2, 0.25) is 0 Å². The molecule has 0 saturated carbocycles. The number of anilines is 1. The summed E-state index contributed by atoms with van der Waals surface area (Å²) in [5.74, 6) is -0.283. The standard InChI is InChI=1S/C23H20N4O3S2/c24-11-19-18-5-4-17(30-23(29)26-13-16-2-1-8-25-12-16)10-20(18)32-22(19)27-21(28)6-3-15-7-9-31-14-15/h1-3,6-9,12,14,17H,4-5,10,13H2,(H,26,29)(H,27,28)/b6-3+. The quantitative estimate of drug-likeness (QED) is 0.522. The molecule has 0 radical (unpaired) electrons. The number of nitrogens with zero attached hydrogens (tertiary/aromatic N) is 2. The van der Waals surface area contributed by atoms with Gasteiger partial charge in [-0.25, -0.2) is 4.79 Å². The molecule has 0 aromatic carbocycles. The molecule has 162 valence electrons. The molecule has 1 unspecified atom stereocenters. The van der Waals surface area contributed by atoms with Gasteiger partial charge in [0.25, 0.3) is 0 Å². The maximum absolute atomic E-state index is 12.3. The Morgan fingerprint density at radius 3 is 3.03 bits per heavy atom. The van der Waals surface area contributed by atoms with Crippen LogP contribution < -0.4 is 10.6 Å². The molecule has 3 aromatic rings. The lowest BCUT2D eigenvalue weighted by atomic mass is 9.94. The molecule has 7 nitrogen and oxygen atoms in total. The molecule has 0 fully saturated rings. The number of nitrogens with one attached hydrogen (secondary N) is 2. The second-order valence-electron chi connectivity index (χ2n) is 7.18. The molecule has 3 aromatic heterocycles. The summed E-state index contributed by atoms with van der Waals surface area (Å²) in [6.07, 6.45) is 7.58. The Balaban J connectivity index is 1.36. The van der Waals surface area contributed by atoms with Crippen LogP contribution in [0.3, 0.4) is 0 Å². The van der Waals surface area contributed by atoms with E-state index in [4.69, 9.17) is 4.74 Å². The SMILES string of the molecule is N#Cc1c(NC(=O)/C=C/c2ccsc2)sc2c1CCC(OC(=O)NCc1cccnc1)C2. The van der Waals surface area contributed by atoms with Gasteiger partial charge in [-0.05, 0) is 58.5 Å². The van der Waals surface area contributed by atoms with Crippen LogP contribution in [0.15, 0.2) is 47.4 Å². The van der Waals surface area contributed by atoms with Crippen molar-refractivity contribution in [1.29, 1.82) is 5.26 Å². The van der Waals surface area contributed by atoms with E-state index >= 15 is 0 Å². The molecular formula is C23H20N4O3S2. The minimum Gasteiger partial charge on any atom is -0.446 e. The Kier molecular flexibility index (Phi) is 6.94. The molecule has 0 saturated heterocycles. The van der Waals surface area contributed by atoms with Gasteiger partial charge in [-0.2, -0.15) is 16.6 Å². The first kappa shape index (κ1) is 21.7. The van der Waals surface area contributed by atoms with Crippen molar-refractivity contribution in [2.75, 3.05) is 5.32 Å².